The summed E-state index contributed by atoms with van der Waals surface area (Å²) in [6.07, 6.45) is 0. The molecule has 0 fully saturated rings. The maximum Gasteiger partial charge on any atom is 0.339 e. The zero-order valence-electron chi connectivity index (χ0n) is 11.1. The van der Waals surface area contributed by atoms with Gasteiger partial charge in [-0.25, -0.2) is 9.59 Å². The molecule has 2 aromatic rings. The lowest BCUT2D eigenvalue weighted by Crippen LogP contribution is -2.28. The number of nitrogens with one attached hydrogen (secondary N) is 2. The van der Waals surface area contributed by atoms with E-state index in [1.54, 1.807) is 13.0 Å². The van der Waals surface area contributed by atoms with E-state index in [1.165, 1.54) is 12.1 Å². The molecule has 0 atom stereocenters. The molecule has 0 saturated carbocycles. The molecular formula is C13H13N3O5. The number of hydrogen-bond donors (Lipinski definition) is 4. The van der Waals surface area contributed by atoms with E-state index in [4.69, 9.17) is 9.63 Å². The van der Waals surface area contributed by atoms with Crippen LogP contribution in [-0.4, -0.2) is 27.4 Å². The highest BCUT2D eigenvalue weighted by Crippen LogP contribution is 2.21. The first-order valence-electron chi connectivity index (χ1n) is 5.99. The molecule has 0 spiro atoms. The Morgan fingerprint density at radius 3 is 2.67 bits per heavy atom. The Balaban J connectivity index is 1.93. The van der Waals surface area contributed by atoms with Gasteiger partial charge in [-0.05, 0) is 19.1 Å². The van der Waals surface area contributed by atoms with Gasteiger partial charge >= 0.3 is 12.0 Å². The van der Waals surface area contributed by atoms with Gasteiger partial charge in [-0.1, -0.05) is 5.16 Å². The van der Waals surface area contributed by atoms with Crippen LogP contribution in [-0.2, 0) is 6.54 Å². The van der Waals surface area contributed by atoms with Crippen LogP contribution in [0.1, 0.15) is 21.8 Å². The van der Waals surface area contributed by atoms with E-state index < -0.39 is 17.7 Å². The van der Waals surface area contributed by atoms with Crippen LogP contribution in [0.25, 0.3) is 0 Å². The molecule has 8 heteroatoms. The Bertz CT molecular complexity index is 680. The summed E-state index contributed by atoms with van der Waals surface area (Å²) in [4.78, 5) is 22.4. The van der Waals surface area contributed by atoms with Gasteiger partial charge in [0.1, 0.15) is 22.8 Å². The highest BCUT2D eigenvalue weighted by molar-refractivity contribution is 5.93. The van der Waals surface area contributed by atoms with Crippen molar-refractivity contribution in [3.8, 4) is 5.75 Å². The molecule has 8 nitrogen and oxygen atoms in total. The molecule has 4 N–H and O–H groups in total. The molecule has 0 aliphatic rings. The van der Waals surface area contributed by atoms with Crippen molar-refractivity contribution in [1.29, 1.82) is 0 Å². The molecule has 0 bridgehead atoms. The van der Waals surface area contributed by atoms with E-state index >= 15 is 0 Å². The standard InChI is InChI=1S/C13H13N3O5/c1-7-4-9(16-21-7)6-14-13(20)15-8-2-3-10(12(18)19)11(17)5-8/h2-5,17H,6H2,1H3,(H,18,19)(H2,14,15,20). The number of hydrogen-bond acceptors (Lipinski definition) is 5. The number of carboxylic acid groups (broad SMARTS) is 1. The number of amides is 2. The lowest BCUT2D eigenvalue weighted by molar-refractivity contribution is 0.0694. The molecule has 2 amide bonds. The number of urea groups is 1. The van der Waals surface area contributed by atoms with E-state index in [2.05, 4.69) is 15.8 Å². The third-order valence-electron chi connectivity index (χ3n) is 2.59. The molecule has 0 unspecified atom stereocenters. The summed E-state index contributed by atoms with van der Waals surface area (Å²) in [6.45, 7) is 1.92. The van der Waals surface area contributed by atoms with Crippen LogP contribution >= 0.6 is 0 Å². The number of rotatable bonds is 4. The molecule has 0 aliphatic heterocycles. The molecule has 0 aliphatic carbocycles. The third-order valence-corrected chi connectivity index (χ3v) is 2.59. The number of aryl methyl sites for hydroxylation is 1. The molecule has 1 aromatic carbocycles. The smallest absolute Gasteiger partial charge is 0.339 e. The number of anilines is 1. The fourth-order valence-corrected chi connectivity index (χ4v) is 1.64. The van der Waals surface area contributed by atoms with Crippen molar-refractivity contribution in [1.82, 2.24) is 10.5 Å². The molecule has 21 heavy (non-hydrogen) atoms. The van der Waals surface area contributed by atoms with Gasteiger partial charge in [0.15, 0.2) is 0 Å². The lowest BCUT2D eigenvalue weighted by atomic mass is 10.2. The number of nitrogens with zero attached hydrogens (tertiary/aromatic N) is 1. The van der Waals surface area contributed by atoms with Gasteiger partial charge < -0.3 is 25.4 Å². The first-order valence-corrected chi connectivity index (χ1v) is 5.99. The Hall–Kier alpha value is -3.03. The SMILES string of the molecule is Cc1cc(CNC(=O)Nc2ccc(C(=O)O)c(O)c2)no1. The van der Waals surface area contributed by atoms with Crippen LogP contribution in [0, 0.1) is 6.92 Å². The van der Waals surface area contributed by atoms with Crippen LogP contribution in [0.15, 0.2) is 28.8 Å². The minimum absolute atomic E-state index is 0.183. The number of carbonyl (C=O) groups is 2. The number of carbonyl (C=O) groups excluding carboxylic acids is 1. The van der Waals surface area contributed by atoms with Crippen LogP contribution < -0.4 is 10.6 Å². The summed E-state index contributed by atoms with van der Waals surface area (Å²) < 4.78 is 4.86. The van der Waals surface area contributed by atoms with E-state index in [9.17, 15) is 14.7 Å². The summed E-state index contributed by atoms with van der Waals surface area (Å²) in [5.41, 5.74) is 0.608. The summed E-state index contributed by atoms with van der Waals surface area (Å²) in [5, 5.41) is 27.0. The number of phenols is 1. The number of benzene rings is 1. The van der Waals surface area contributed by atoms with Gasteiger partial charge in [0.05, 0.1) is 6.54 Å². The largest absolute Gasteiger partial charge is 0.507 e. The minimum Gasteiger partial charge on any atom is -0.507 e. The fraction of sp³-hybridized carbons (Fsp3) is 0.154. The van der Waals surface area contributed by atoms with Gasteiger partial charge in [-0.15, -0.1) is 0 Å². The lowest BCUT2D eigenvalue weighted by Gasteiger charge is -2.07. The highest BCUT2D eigenvalue weighted by Gasteiger charge is 2.11. The van der Waals surface area contributed by atoms with Crippen molar-refractivity contribution < 1.29 is 24.3 Å². The minimum atomic E-state index is -1.25. The van der Waals surface area contributed by atoms with Crippen LogP contribution in [0.5, 0.6) is 5.75 Å². The quantitative estimate of drug-likeness (QED) is 0.679. The topological polar surface area (TPSA) is 125 Å². The van der Waals surface area contributed by atoms with Crippen molar-refractivity contribution in [2.75, 3.05) is 5.32 Å². The van der Waals surface area contributed by atoms with Crippen molar-refractivity contribution in [2.45, 2.75) is 13.5 Å². The van der Waals surface area contributed by atoms with E-state index in [1.807, 2.05) is 0 Å². The summed E-state index contributed by atoms with van der Waals surface area (Å²) in [7, 11) is 0. The number of aromatic hydroxyl groups is 1. The molecular weight excluding hydrogens is 278 g/mol. The Kier molecular flexibility index (Phi) is 4.07. The average molecular weight is 291 g/mol. The zero-order valence-corrected chi connectivity index (χ0v) is 11.1. The third kappa shape index (κ3) is 3.72. The summed E-state index contributed by atoms with van der Waals surface area (Å²) in [6, 6.07) is 4.91. The predicted octanol–water partition coefficient (Wildman–Crippen LogP) is 1.71. The maximum atomic E-state index is 11.6. The first kappa shape index (κ1) is 14.4. The van der Waals surface area contributed by atoms with Crippen molar-refractivity contribution >= 4 is 17.7 Å². The number of aromatic nitrogens is 1. The molecule has 1 aromatic heterocycles. The Labute approximate surface area is 119 Å². The number of aromatic carboxylic acids is 1. The predicted molar refractivity (Wildman–Crippen MR) is 72.2 cm³/mol. The van der Waals surface area contributed by atoms with Crippen LogP contribution in [0.3, 0.4) is 0 Å². The van der Waals surface area contributed by atoms with Gasteiger partial charge in [0, 0.05) is 17.8 Å². The second-order valence-electron chi connectivity index (χ2n) is 4.27. The molecule has 2 rings (SSSR count). The van der Waals surface area contributed by atoms with E-state index in [0.29, 0.717) is 11.5 Å². The zero-order chi connectivity index (χ0) is 15.4. The van der Waals surface area contributed by atoms with Crippen molar-refractivity contribution in [3.63, 3.8) is 0 Å². The van der Waals surface area contributed by atoms with Gasteiger partial charge in [-0.2, -0.15) is 0 Å². The fourth-order valence-electron chi connectivity index (χ4n) is 1.64. The second kappa shape index (κ2) is 5.95. The monoisotopic (exact) mass is 291 g/mol. The molecule has 110 valence electrons. The van der Waals surface area contributed by atoms with E-state index in [-0.39, 0.29) is 17.8 Å². The molecule has 0 saturated heterocycles. The second-order valence-corrected chi connectivity index (χ2v) is 4.27. The average Bonchev–Trinajstić information content (AvgIpc) is 2.82. The van der Waals surface area contributed by atoms with Crippen LogP contribution in [0.4, 0.5) is 10.5 Å². The Morgan fingerprint density at radius 2 is 2.10 bits per heavy atom. The molecule has 1 heterocycles. The van der Waals surface area contributed by atoms with Crippen molar-refractivity contribution in [3.05, 3.63) is 41.3 Å². The summed E-state index contributed by atoms with van der Waals surface area (Å²) >= 11 is 0. The first-order chi connectivity index (χ1) is 9.95. The van der Waals surface area contributed by atoms with Gasteiger partial charge in [-0.3, -0.25) is 0 Å². The van der Waals surface area contributed by atoms with Crippen LogP contribution in [0.2, 0.25) is 0 Å². The Morgan fingerprint density at radius 1 is 1.33 bits per heavy atom. The van der Waals surface area contributed by atoms with E-state index in [0.717, 1.165) is 6.07 Å². The van der Waals surface area contributed by atoms with Crippen molar-refractivity contribution in [2.24, 2.45) is 0 Å². The van der Waals surface area contributed by atoms with Gasteiger partial charge in [0.25, 0.3) is 0 Å². The summed E-state index contributed by atoms with van der Waals surface area (Å²) in [5.74, 6) is -1.03. The molecule has 0 radical (unpaired) electrons. The normalized spacial score (nSPS) is 10.1. The maximum absolute atomic E-state index is 11.6. The highest BCUT2D eigenvalue weighted by atomic mass is 16.5. The number of carboxylic acids is 1. The van der Waals surface area contributed by atoms with Gasteiger partial charge in [0.2, 0.25) is 0 Å².